The smallest absolute Gasteiger partial charge is 0.320 e. The van der Waals surface area contributed by atoms with Crippen LogP contribution in [-0.2, 0) is 6.18 Å². The molecule has 0 saturated carbocycles. The molecule has 0 saturated heterocycles. The predicted octanol–water partition coefficient (Wildman–Crippen LogP) is 4.09. The number of rotatable bonds is 4. The van der Waals surface area contributed by atoms with Crippen LogP contribution in [0.4, 0.5) is 18.9 Å². The number of aryl methyl sites for hydroxylation is 1. The Morgan fingerprint density at radius 3 is 2.68 bits per heavy atom. The number of aromatic nitrogens is 8. The number of nitrogens with one attached hydrogen (secondary N) is 1. The minimum atomic E-state index is -4.88. The van der Waals surface area contributed by atoms with Gasteiger partial charge in [-0.1, -0.05) is 22.2 Å². The molecule has 0 aliphatic carbocycles. The van der Waals surface area contributed by atoms with Crippen LogP contribution in [-0.4, -0.2) is 45.3 Å². The summed E-state index contributed by atoms with van der Waals surface area (Å²) in [6.07, 6.45) is -1.16. The molecule has 15 heteroatoms. The van der Waals surface area contributed by atoms with Gasteiger partial charge in [0.25, 0.3) is 5.91 Å². The van der Waals surface area contributed by atoms with E-state index in [-0.39, 0.29) is 22.2 Å². The standard InChI is InChI=1S/C19H11ClF3N9OS/c1-9-13(7-11(20)17(27-9)32-24-5-6-25-32)28-18(33)10-8-26-31(16(10)19(21,22)23)14-4-2-3-12-15(14)34-30-29-12/h2-8H,1H3,(H,28,33). The Bertz CT molecular complexity index is 1530. The molecule has 10 nitrogen and oxygen atoms in total. The maximum absolute atomic E-state index is 14.1. The molecule has 0 fully saturated rings. The molecular formula is C19H11ClF3N9OS. The van der Waals surface area contributed by atoms with E-state index >= 15 is 0 Å². The van der Waals surface area contributed by atoms with Crippen molar-refractivity contribution in [2.24, 2.45) is 0 Å². The fourth-order valence-corrected chi connectivity index (χ4v) is 4.16. The second-order valence-electron chi connectivity index (χ2n) is 6.91. The quantitative estimate of drug-likeness (QED) is 0.391. The van der Waals surface area contributed by atoms with E-state index in [0.29, 0.717) is 20.6 Å². The molecule has 4 aromatic heterocycles. The minimum absolute atomic E-state index is 0.0909. The largest absolute Gasteiger partial charge is 0.434 e. The number of amides is 1. The number of anilines is 1. The third kappa shape index (κ3) is 3.76. The van der Waals surface area contributed by atoms with E-state index in [1.165, 1.54) is 35.4 Å². The first-order chi connectivity index (χ1) is 16.2. The van der Waals surface area contributed by atoms with Crippen molar-refractivity contribution in [3.05, 3.63) is 64.8 Å². The second-order valence-corrected chi connectivity index (χ2v) is 8.08. The number of benzene rings is 1. The number of hydrogen-bond acceptors (Lipinski definition) is 8. The maximum atomic E-state index is 14.1. The van der Waals surface area contributed by atoms with E-state index in [4.69, 9.17) is 11.6 Å². The van der Waals surface area contributed by atoms with Crippen molar-refractivity contribution in [3.63, 3.8) is 0 Å². The molecular weight excluding hydrogens is 495 g/mol. The zero-order chi connectivity index (χ0) is 24.0. The number of hydrogen-bond donors (Lipinski definition) is 1. The van der Waals surface area contributed by atoms with E-state index in [0.717, 1.165) is 17.7 Å². The average molecular weight is 506 g/mol. The first-order valence-corrected chi connectivity index (χ1v) is 10.6. The third-order valence-corrected chi connectivity index (χ3v) is 5.81. The summed E-state index contributed by atoms with van der Waals surface area (Å²) in [5, 5.41) is 18.1. The van der Waals surface area contributed by atoms with Crippen molar-refractivity contribution < 1.29 is 18.0 Å². The topological polar surface area (TPSA) is 116 Å². The van der Waals surface area contributed by atoms with Crippen molar-refractivity contribution >= 4 is 44.9 Å². The van der Waals surface area contributed by atoms with Crippen molar-refractivity contribution in [2.45, 2.75) is 13.1 Å². The molecule has 172 valence electrons. The summed E-state index contributed by atoms with van der Waals surface area (Å²) < 4.78 is 47.1. The zero-order valence-electron chi connectivity index (χ0n) is 16.9. The summed E-state index contributed by atoms with van der Waals surface area (Å²) in [6, 6.07) is 5.96. The SMILES string of the molecule is Cc1nc(-n2nccn2)c(Cl)cc1NC(=O)c1cnn(-c2cccc3nnsc23)c1C(F)(F)F. The number of fused-ring (bicyclic) bond motifs is 1. The lowest BCUT2D eigenvalue weighted by Gasteiger charge is -2.14. The van der Waals surface area contributed by atoms with Crippen LogP contribution >= 0.6 is 23.1 Å². The third-order valence-electron chi connectivity index (χ3n) is 4.77. The number of carbonyl (C=O) groups excluding carboxylic acids is 1. The molecule has 34 heavy (non-hydrogen) atoms. The molecule has 1 aromatic carbocycles. The number of nitrogens with zero attached hydrogens (tertiary/aromatic N) is 8. The van der Waals surface area contributed by atoms with Crippen molar-refractivity contribution in [1.29, 1.82) is 0 Å². The van der Waals surface area contributed by atoms with Crippen molar-refractivity contribution in [1.82, 2.24) is 39.3 Å². The Morgan fingerprint density at radius 1 is 1.18 bits per heavy atom. The molecule has 5 aromatic rings. The highest BCUT2D eigenvalue weighted by Gasteiger charge is 2.41. The Balaban J connectivity index is 1.54. The van der Waals surface area contributed by atoms with Gasteiger partial charge in [-0.05, 0) is 36.7 Å². The lowest BCUT2D eigenvalue weighted by molar-refractivity contribution is -0.143. The number of alkyl halides is 3. The Labute approximate surface area is 197 Å². The summed E-state index contributed by atoms with van der Waals surface area (Å²) in [6.45, 7) is 1.56. The molecule has 5 rings (SSSR count). The van der Waals surface area contributed by atoms with Crippen LogP contribution in [0.25, 0.3) is 21.7 Å². The summed E-state index contributed by atoms with van der Waals surface area (Å²) in [4.78, 5) is 18.4. The van der Waals surface area contributed by atoms with E-state index in [2.05, 4.69) is 35.2 Å². The molecule has 4 heterocycles. The molecule has 1 amide bonds. The number of pyridine rings is 1. The number of halogens is 4. The molecule has 0 unspecified atom stereocenters. The van der Waals surface area contributed by atoms with Crippen LogP contribution < -0.4 is 5.32 Å². The van der Waals surface area contributed by atoms with Crippen LogP contribution in [0, 0.1) is 6.92 Å². The Kier molecular flexibility index (Phi) is 5.25. The fourth-order valence-electron chi connectivity index (χ4n) is 3.28. The molecule has 1 N–H and O–H groups in total. The average Bonchev–Trinajstić information content (AvgIpc) is 3.55. The highest BCUT2D eigenvalue weighted by Crippen LogP contribution is 2.36. The van der Waals surface area contributed by atoms with Gasteiger partial charge >= 0.3 is 6.18 Å². The van der Waals surface area contributed by atoms with Gasteiger partial charge in [-0.3, -0.25) is 4.79 Å². The van der Waals surface area contributed by atoms with Gasteiger partial charge in [-0.15, -0.1) is 9.90 Å². The zero-order valence-corrected chi connectivity index (χ0v) is 18.5. The first kappa shape index (κ1) is 21.9. The lowest BCUT2D eigenvalue weighted by atomic mass is 10.2. The van der Waals surface area contributed by atoms with Gasteiger partial charge in [0.05, 0.1) is 46.2 Å². The maximum Gasteiger partial charge on any atom is 0.434 e. The Morgan fingerprint density at radius 2 is 1.94 bits per heavy atom. The van der Waals surface area contributed by atoms with E-state index in [9.17, 15) is 18.0 Å². The highest BCUT2D eigenvalue weighted by atomic mass is 35.5. The van der Waals surface area contributed by atoms with Gasteiger partial charge in [-0.2, -0.15) is 28.5 Å². The van der Waals surface area contributed by atoms with Gasteiger partial charge in [0, 0.05) is 0 Å². The van der Waals surface area contributed by atoms with E-state index < -0.39 is 23.3 Å². The fraction of sp³-hybridized carbons (Fsp3) is 0.105. The second kappa shape index (κ2) is 8.14. The summed E-state index contributed by atoms with van der Waals surface area (Å²) in [5.41, 5.74) is -0.960. The first-order valence-electron chi connectivity index (χ1n) is 9.46. The normalized spacial score (nSPS) is 11.8. The molecule has 0 aliphatic heterocycles. The van der Waals surface area contributed by atoms with Gasteiger partial charge in [0.1, 0.15) is 10.2 Å². The lowest BCUT2D eigenvalue weighted by Crippen LogP contribution is -2.21. The summed E-state index contributed by atoms with van der Waals surface area (Å²) in [7, 11) is 0. The van der Waals surface area contributed by atoms with Crippen molar-refractivity contribution in [3.8, 4) is 11.5 Å². The molecule has 0 aliphatic rings. The van der Waals surface area contributed by atoms with Crippen LogP contribution in [0.15, 0.2) is 42.9 Å². The van der Waals surface area contributed by atoms with Crippen LogP contribution in [0.3, 0.4) is 0 Å². The van der Waals surface area contributed by atoms with Crippen LogP contribution in [0.1, 0.15) is 21.7 Å². The summed E-state index contributed by atoms with van der Waals surface area (Å²) in [5.74, 6) is -0.823. The number of carbonyl (C=O) groups is 1. The van der Waals surface area contributed by atoms with Crippen LogP contribution in [0.5, 0.6) is 0 Å². The summed E-state index contributed by atoms with van der Waals surface area (Å²) >= 11 is 7.16. The Hall–Kier alpha value is -3.91. The minimum Gasteiger partial charge on any atom is -0.320 e. The molecule has 0 radical (unpaired) electrons. The van der Waals surface area contributed by atoms with Gasteiger partial charge in [0.2, 0.25) is 0 Å². The predicted molar refractivity (Wildman–Crippen MR) is 116 cm³/mol. The van der Waals surface area contributed by atoms with Gasteiger partial charge < -0.3 is 5.32 Å². The van der Waals surface area contributed by atoms with Crippen molar-refractivity contribution in [2.75, 3.05) is 5.32 Å². The van der Waals surface area contributed by atoms with E-state index in [1.807, 2.05) is 0 Å². The van der Waals surface area contributed by atoms with Gasteiger partial charge in [-0.25, -0.2) is 9.67 Å². The monoisotopic (exact) mass is 505 g/mol. The van der Waals surface area contributed by atoms with E-state index in [1.54, 1.807) is 13.0 Å². The highest BCUT2D eigenvalue weighted by molar-refractivity contribution is 7.13. The molecule has 0 atom stereocenters. The molecule has 0 bridgehead atoms. The van der Waals surface area contributed by atoms with Crippen LogP contribution in [0.2, 0.25) is 5.02 Å². The van der Waals surface area contributed by atoms with Gasteiger partial charge in [0.15, 0.2) is 11.5 Å². The molecule has 0 spiro atoms.